The Morgan fingerprint density at radius 1 is 1.29 bits per heavy atom. The van der Waals surface area contributed by atoms with Gasteiger partial charge >= 0.3 is 0 Å². The first kappa shape index (κ1) is 23.3. The molecule has 0 spiro atoms. The van der Waals surface area contributed by atoms with E-state index in [1.54, 1.807) is 6.08 Å². The quantitative estimate of drug-likeness (QED) is 0.518. The minimum Gasteiger partial charge on any atom is -0.396 e. The van der Waals surface area contributed by atoms with Crippen LogP contribution in [0, 0.1) is 34.3 Å². The minimum absolute atomic E-state index is 0.0618. The largest absolute Gasteiger partial charge is 0.396 e. The van der Waals surface area contributed by atoms with Crippen molar-refractivity contribution < 1.29 is 18.7 Å². The zero-order chi connectivity index (χ0) is 23.0. The maximum atomic E-state index is 14.3. The molecule has 1 aromatic carbocycles. The third-order valence-electron chi connectivity index (χ3n) is 7.40. The first-order chi connectivity index (χ1) is 14.6. The van der Waals surface area contributed by atoms with Crippen LogP contribution >= 0.6 is 0 Å². The number of nitrogens with zero attached hydrogens (tertiary/aromatic N) is 3. The Morgan fingerprint density at radius 2 is 1.90 bits per heavy atom. The van der Waals surface area contributed by atoms with Crippen LogP contribution in [0.2, 0.25) is 0 Å². The summed E-state index contributed by atoms with van der Waals surface area (Å²) in [4.78, 5) is 15.1. The summed E-state index contributed by atoms with van der Waals surface area (Å²) in [6.07, 6.45) is 3.01. The Morgan fingerprint density at radius 3 is 2.45 bits per heavy atom. The summed E-state index contributed by atoms with van der Waals surface area (Å²) in [6, 6.07) is 3.67. The number of allylic oxidation sites excluding steroid dienone is 2. The lowest BCUT2D eigenvalue weighted by molar-refractivity contribution is -0.154. The van der Waals surface area contributed by atoms with Gasteiger partial charge in [0.05, 0.1) is 16.7 Å². The summed E-state index contributed by atoms with van der Waals surface area (Å²) in [5.74, 6) is -1.24. The highest BCUT2D eigenvalue weighted by atomic mass is 19.1. The topological polar surface area (TPSA) is 65.3 Å². The van der Waals surface area contributed by atoms with Crippen molar-refractivity contribution in [3.05, 3.63) is 53.6 Å². The fourth-order valence-corrected chi connectivity index (χ4v) is 5.01. The molecular formula is C24H31F2N3O2. The smallest absolute Gasteiger partial charge is 0.229 e. The lowest BCUT2D eigenvalue weighted by Gasteiger charge is -2.48. The van der Waals surface area contributed by atoms with Gasteiger partial charge in [0.15, 0.2) is 0 Å². The number of hydrogen-bond donors (Lipinski definition) is 1. The van der Waals surface area contributed by atoms with Crippen molar-refractivity contribution in [2.75, 3.05) is 26.7 Å². The normalized spacial score (nSPS) is 26.4. The summed E-state index contributed by atoms with van der Waals surface area (Å²) < 4.78 is 28.7. The molecule has 1 N–H and O–H groups in total. The SMILES string of the molecule is C=C(/C=C(\N=NC)c1c(F)cccc1F)C1CCC(C)(C(=O)N2CC(CO)C2)C1(C)C. The Kier molecular flexibility index (Phi) is 6.46. The molecule has 1 saturated heterocycles. The van der Waals surface area contributed by atoms with Crippen LogP contribution in [0.25, 0.3) is 5.70 Å². The van der Waals surface area contributed by atoms with Crippen LogP contribution in [0.5, 0.6) is 0 Å². The number of benzene rings is 1. The summed E-state index contributed by atoms with van der Waals surface area (Å²) in [6.45, 7) is 11.5. The zero-order valence-electron chi connectivity index (χ0n) is 18.7. The molecule has 2 unspecified atom stereocenters. The molecule has 1 aliphatic carbocycles. The van der Waals surface area contributed by atoms with Gasteiger partial charge in [-0.2, -0.15) is 10.2 Å². The van der Waals surface area contributed by atoms with E-state index in [-0.39, 0.29) is 35.6 Å². The minimum atomic E-state index is -0.714. The highest BCUT2D eigenvalue weighted by Gasteiger charge is 2.58. The van der Waals surface area contributed by atoms with E-state index in [1.807, 2.05) is 11.8 Å². The monoisotopic (exact) mass is 431 g/mol. The molecule has 0 aromatic heterocycles. The van der Waals surface area contributed by atoms with Gasteiger partial charge in [0.25, 0.3) is 0 Å². The molecule has 0 radical (unpaired) electrons. The molecule has 1 saturated carbocycles. The second-order valence-electron chi connectivity index (χ2n) is 9.40. The lowest BCUT2D eigenvalue weighted by Crippen LogP contribution is -2.58. The van der Waals surface area contributed by atoms with Gasteiger partial charge in [-0.25, -0.2) is 8.78 Å². The van der Waals surface area contributed by atoms with Gasteiger partial charge in [0.1, 0.15) is 11.6 Å². The number of amides is 1. The number of rotatable bonds is 6. The van der Waals surface area contributed by atoms with Crippen molar-refractivity contribution in [1.82, 2.24) is 4.90 Å². The maximum Gasteiger partial charge on any atom is 0.229 e. The molecule has 5 nitrogen and oxygen atoms in total. The molecule has 2 aliphatic rings. The third-order valence-corrected chi connectivity index (χ3v) is 7.40. The molecule has 1 amide bonds. The Balaban J connectivity index is 1.88. The lowest BCUT2D eigenvalue weighted by atomic mass is 9.63. The third kappa shape index (κ3) is 3.95. The molecule has 168 valence electrons. The fraction of sp³-hybridized carbons (Fsp3) is 0.542. The molecule has 7 heteroatoms. The Bertz CT molecular complexity index is 915. The number of aliphatic hydroxyl groups is 1. The number of hydrogen-bond acceptors (Lipinski definition) is 4. The van der Waals surface area contributed by atoms with Gasteiger partial charge in [0.2, 0.25) is 5.91 Å². The van der Waals surface area contributed by atoms with Crippen molar-refractivity contribution in [2.45, 2.75) is 33.6 Å². The molecule has 1 heterocycles. The van der Waals surface area contributed by atoms with E-state index in [2.05, 4.69) is 30.7 Å². The average Bonchev–Trinajstić information content (AvgIpc) is 2.91. The van der Waals surface area contributed by atoms with Crippen molar-refractivity contribution >= 4 is 11.6 Å². The zero-order valence-corrected chi connectivity index (χ0v) is 18.7. The maximum absolute atomic E-state index is 14.3. The second-order valence-corrected chi connectivity index (χ2v) is 9.40. The number of carbonyl (C=O) groups is 1. The fourth-order valence-electron chi connectivity index (χ4n) is 5.01. The number of halogens is 2. The Labute approximate surface area is 182 Å². The standard InChI is InChI=1S/C24H31F2N3O2/c1-15(11-20(28-27-5)21-18(25)7-6-8-19(21)26)17-9-10-24(4,23(17,2)3)22(31)29-12-16(13-29)14-30/h6-8,11,16-17,30H,1,9-10,12-14H2,2-5H3/b20-11-,28-27?. The van der Waals surface area contributed by atoms with Crippen LogP contribution in [0.3, 0.4) is 0 Å². The van der Waals surface area contributed by atoms with E-state index in [0.717, 1.165) is 6.42 Å². The van der Waals surface area contributed by atoms with Gasteiger partial charge in [-0.1, -0.05) is 33.4 Å². The molecular weight excluding hydrogens is 400 g/mol. The molecule has 2 fully saturated rings. The number of aliphatic hydroxyl groups excluding tert-OH is 1. The molecule has 1 aromatic rings. The van der Waals surface area contributed by atoms with Gasteiger partial charge in [0, 0.05) is 32.7 Å². The first-order valence-corrected chi connectivity index (χ1v) is 10.6. The first-order valence-electron chi connectivity index (χ1n) is 10.6. The van der Waals surface area contributed by atoms with Crippen molar-refractivity contribution in [2.24, 2.45) is 32.9 Å². The van der Waals surface area contributed by atoms with E-state index < -0.39 is 22.5 Å². The van der Waals surface area contributed by atoms with Crippen LogP contribution < -0.4 is 0 Å². The summed E-state index contributed by atoms with van der Waals surface area (Å²) in [7, 11) is 1.44. The van der Waals surface area contributed by atoms with E-state index in [9.17, 15) is 18.7 Å². The molecule has 2 atom stereocenters. The van der Waals surface area contributed by atoms with Crippen LogP contribution in [-0.2, 0) is 4.79 Å². The van der Waals surface area contributed by atoms with Crippen molar-refractivity contribution in [1.29, 1.82) is 0 Å². The Hall–Kier alpha value is -2.41. The van der Waals surface area contributed by atoms with Crippen LogP contribution in [0.15, 0.2) is 46.7 Å². The number of carbonyl (C=O) groups excluding carboxylic acids is 1. The van der Waals surface area contributed by atoms with E-state index in [0.29, 0.717) is 25.1 Å². The number of likely N-dealkylation sites (tertiary alicyclic amines) is 1. The van der Waals surface area contributed by atoms with E-state index in [4.69, 9.17) is 0 Å². The van der Waals surface area contributed by atoms with E-state index in [1.165, 1.54) is 25.2 Å². The second kappa shape index (κ2) is 8.61. The predicted molar refractivity (Wildman–Crippen MR) is 116 cm³/mol. The van der Waals surface area contributed by atoms with Gasteiger partial charge in [-0.05, 0) is 48.0 Å². The van der Waals surface area contributed by atoms with Crippen molar-refractivity contribution in [3.8, 4) is 0 Å². The summed E-state index contributed by atoms with van der Waals surface area (Å²) >= 11 is 0. The molecule has 31 heavy (non-hydrogen) atoms. The van der Waals surface area contributed by atoms with Crippen molar-refractivity contribution in [3.63, 3.8) is 0 Å². The predicted octanol–water partition coefficient (Wildman–Crippen LogP) is 4.84. The van der Waals surface area contributed by atoms with Crippen LogP contribution in [0.1, 0.15) is 39.2 Å². The highest BCUT2D eigenvalue weighted by molar-refractivity contribution is 5.84. The van der Waals surface area contributed by atoms with Gasteiger partial charge in [-0.3, -0.25) is 4.79 Å². The summed E-state index contributed by atoms with van der Waals surface area (Å²) in [5, 5.41) is 17.0. The van der Waals surface area contributed by atoms with E-state index >= 15 is 0 Å². The summed E-state index contributed by atoms with van der Waals surface area (Å²) in [5.41, 5.74) is -0.510. The van der Waals surface area contributed by atoms with Crippen LogP contribution in [0.4, 0.5) is 8.78 Å². The van der Waals surface area contributed by atoms with Gasteiger partial charge in [-0.15, -0.1) is 0 Å². The van der Waals surface area contributed by atoms with Gasteiger partial charge < -0.3 is 10.0 Å². The molecule has 0 bridgehead atoms. The average molecular weight is 432 g/mol. The number of azo groups is 1. The molecule has 3 rings (SSSR count). The van der Waals surface area contributed by atoms with Crippen LogP contribution in [-0.4, -0.2) is 42.7 Å². The molecule has 1 aliphatic heterocycles. The highest BCUT2D eigenvalue weighted by Crippen LogP contribution is 2.59.